The highest BCUT2D eigenvalue weighted by Gasteiger charge is 2.27. The molecule has 1 saturated carbocycles. The molecule has 1 saturated heterocycles. The summed E-state index contributed by atoms with van der Waals surface area (Å²) in [6.45, 7) is 6.03. The SMILES string of the molecule is CCNC(=NCCC1CC1)N1CCC(c2cc(OC)cc(OC)c2)C1.I. The van der Waals surface area contributed by atoms with Crippen LogP contribution in [-0.4, -0.2) is 51.3 Å². The van der Waals surface area contributed by atoms with Crippen LogP contribution < -0.4 is 14.8 Å². The van der Waals surface area contributed by atoms with Crippen LogP contribution in [0.2, 0.25) is 0 Å². The van der Waals surface area contributed by atoms with Crippen molar-refractivity contribution in [2.75, 3.05) is 40.4 Å². The average molecular weight is 473 g/mol. The third-order valence-corrected chi connectivity index (χ3v) is 5.16. The first-order valence-electron chi connectivity index (χ1n) is 9.49. The van der Waals surface area contributed by atoms with E-state index in [0.29, 0.717) is 5.92 Å². The summed E-state index contributed by atoms with van der Waals surface area (Å²) in [4.78, 5) is 7.25. The van der Waals surface area contributed by atoms with Crippen LogP contribution in [0.4, 0.5) is 0 Å². The predicted octanol–water partition coefficient (Wildman–Crippen LogP) is 3.88. The Kier molecular flexibility index (Phi) is 8.31. The molecule has 1 atom stereocenters. The first kappa shape index (κ1) is 21.1. The van der Waals surface area contributed by atoms with Crippen molar-refractivity contribution in [3.05, 3.63) is 23.8 Å². The molecule has 1 N–H and O–H groups in total. The van der Waals surface area contributed by atoms with E-state index < -0.39 is 0 Å². The van der Waals surface area contributed by atoms with E-state index in [1.165, 1.54) is 24.8 Å². The number of halogens is 1. The number of nitrogens with one attached hydrogen (secondary N) is 1. The van der Waals surface area contributed by atoms with Crippen molar-refractivity contribution in [3.8, 4) is 11.5 Å². The highest BCUT2D eigenvalue weighted by Crippen LogP contribution is 2.33. The minimum Gasteiger partial charge on any atom is -0.497 e. The van der Waals surface area contributed by atoms with Crippen molar-refractivity contribution in [1.82, 2.24) is 10.2 Å². The van der Waals surface area contributed by atoms with Crippen LogP contribution in [0.25, 0.3) is 0 Å². The fourth-order valence-corrected chi connectivity index (χ4v) is 3.48. The number of rotatable bonds is 7. The lowest BCUT2D eigenvalue weighted by molar-refractivity contribution is 0.392. The quantitative estimate of drug-likeness (QED) is 0.371. The Morgan fingerprint density at radius 2 is 1.85 bits per heavy atom. The molecule has 1 heterocycles. The molecule has 5 nitrogen and oxygen atoms in total. The zero-order valence-corrected chi connectivity index (χ0v) is 18.5. The van der Waals surface area contributed by atoms with Crippen LogP contribution in [-0.2, 0) is 0 Å². The summed E-state index contributed by atoms with van der Waals surface area (Å²) in [5, 5.41) is 3.46. The summed E-state index contributed by atoms with van der Waals surface area (Å²) in [6, 6.07) is 6.20. The molecule has 146 valence electrons. The van der Waals surface area contributed by atoms with E-state index in [1.54, 1.807) is 14.2 Å². The third-order valence-electron chi connectivity index (χ3n) is 5.16. The number of aliphatic imine (C=N–C) groups is 1. The van der Waals surface area contributed by atoms with Gasteiger partial charge in [0.15, 0.2) is 5.96 Å². The van der Waals surface area contributed by atoms with Crippen molar-refractivity contribution >= 4 is 29.9 Å². The summed E-state index contributed by atoms with van der Waals surface area (Å²) >= 11 is 0. The molecule has 0 radical (unpaired) electrons. The Balaban J connectivity index is 0.00000243. The summed E-state index contributed by atoms with van der Waals surface area (Å²) in [6.07, 6.45) is 5.16. The lowest BCUT2D eigenvalue weighted by Gasteiger charge is -2.22. The lowest BCUT2D eigenvalue weighted by Crippen LogP contribution is -2.40. The zero-order valence-electron chi connectivity index (χ0n) is 16.2. The Morgan fingerprint density at radius 3 is 2.42 bits per heavy atom. The summed E-state index contributed by atoms with van der Waals surface area (Å²) in [5.41, 5.74) is 1.28. The molecule has 1 aromatic rings. The maximum atomic E-state index is 5.42. The monoisotopic (exact) mass is 473 g/mol. The number of methoxy groups -OCH3 is 2. The minimum absolute atomic E-state index is 0. The smallest absolute Gasteiger partial charge is 0.193 e. The number of benzene rings is 1. The van der Waals surface area contributed by atoms with Crippen molar-refractivity contribution in [2.45, 2.75) is 38.5 Å². The first-order chi connectivity index (χ1) is 12.2. The van der Waals surface area contributed by atoms with Gasteiger partial charge < -0.3 is 19.7 Å². The van der Waals surface area contributed by atoms with Gasteiger partial charge in [-0.3, -0.25) is 4.99 Å². The molecule has 0 amide bonds. The van der Waals surface area contributed by atoms with Gasteiger partial charge in [0.25, 0.3) is 0 Å². The number of guanidine groups is 1. The maximum Gasteiger partial charge on any atom is 0.193 e. The number of hydrogen-bond acceptors (Lipinski definition) is 3. The van der Waals surface area contributed by atoms with Crippen molar-refractivity contribution in [1.29, 1.82) is 0 Å². The van der Waals surface area contributed by atoms with Crippen LogP contribution in [0.3, 0.4) is 0 Å². The minimum atomic E-state index is 0. The van der Waals surface area contributed by atoms with Crippen LogP contribution in [0.1, 0.15) is 44.1 Å². The molecule has 1 aromatic carbocycles. The molecule has 1 aliphatic carbocycles. The molecule has 2 aliphatic rings. The number of likely N-dealkylation sites (tertiary alicyclic amines) is 1. The third kappa shape index (κ3) is 5.66. The molecule has 1 aliphatic heterocycles. The molecular weight excluding hydrogens is 441 g/mol. The van der Waals surface area contributed by atoms with Crippen LogP contribution in [0, 0.1) is 5.92 Å². The second-order valence-corrected chi connectivity index (χ2v) is 7.05. The fourth-order valence-electron chi connectivity index (χ4n) is 3.48. The van der Waals surface area contributed by atoms with Gasteiger partial charge in [0.1, 0.15) is 11.5 Å². The van der Waals surface area contributed by atoms with Crippen LogP contribution in [0.15, 0.2) is 23.2 Å². The molecule has 1 unspecified atom stereocenters. The Morgan fingerprint density at radius 1 is 1.15 bits per heavy atom. The Hall–Kier alpha value is -1.18. The van der Waals surface area contributed by atoms with Gasteiger partial charge in [-0.15, -0.1) is 24.0 Å². The van der Waals surface area contributed by atoms with E-state index >= 15 is 0 Å². The van der Waals surface area contributed by atoms with Gasteiger partial charge in [0.2, 0.25) is 0 Å². The van der Waals surface area contributed by atoms with Gasteiger partial charge in [-0.05, 0) is 43.4 Å². The summed E-state index contributed by atoms with van der Waals surface area (Å²) in [7, 11) is 3.41. The normalized spacial score (nSPS) is 19.9. The second-order valence-electron chi connectivity index (χ2n) is 7.05. The second kappa shape index (κ2) is 10.2. The summed E-state index contributed by atoms with van der Waals surface area (Å²) < 4.78 is 10.8. The van der Waals surface area contributed by atoms with Crippen molar-refractivity contribution in [2.24, 2.45) is 10.9 Å². The zero-order chi connectivity index (χ0) is 17.6. The number of nitrogens with zero attached hydrogens (tertiary/aromatic N) is 2. The maximum absolute atomic E-state index is 5.42. The van der Waals surface area contributed by atoms with Crippen LogP contribution >= 0.6 is 24.0 Å². The molecule has 2 fully saturated rings. The van der Waals surface area contributed by atoms with E-state index in [1.807, 2.05) is 6.07 Å². The van der Waals surface area contributed by atoms with Gasteiger partial charge in [-0.1, -0.05) is 12.8 Å². The van der Waals surface area contributed by atoms with Gasteiger partial charge >= 0.3 is 0 Å². The number of ether oxygens (including phenoxy) is 2. The number of hydrogen-bond donors (Lipinski definition) is 1. The van der Waals surface area contributed by atoms with Crippen molar-refractivity contribution < 1.29 is 9.47 Å². The molecule has 0 aromatic heterocycles. The lowest BCUT2D eigenvalue weighted by atomic mass is 9.98. The highest BCUT2D eigenvalue weighted by molar-refractivity contribution is 14.0. The Bertz CT molecular complexity index is 582. The van der Waals surface area contributed by atoms with Gasteiger partial charge in [0, 0.05) is 38.2 Å². The first-order valence-corrected chi connectivity index (χ1v) is 9.49. The van der Waals surface area contributed by atoms with Gasteiger partial charge in [0.05, 0.1) is 14.2 Å². The average Bonchev–Trinajstić information content (AvgIpc) is 3.33. The topological polar surface area (TPSA) is 46.1 Å². The highest BCUT2D eigenvalue weighted by atomic mass is 127. The molecule has 6 heteroatoms. The van der Waals surface area contributed by atoms with E-state index in [0.717, 1.165) is 56.0 Å². The molecule has 3 rings (SSSR count). The van der Waals surface area contributed by atoms with Crippen molar-refractivity contribution in [3.63, 3.8) is 0 Å². The van der Waals surface area contributed by atoms with E-state index in [4.69, 9.17) is 14.5 Å². The van der Waals surface area contributed by atoms with E-state index in [9.17, 15) is 0 Å². The van der Waals surface area contributed by atoms with E-state index in [-0.39, 0.29) is 24.0 Å². The van der Waals surface area contributed by atoms with Gasteiger partial charge in [-0.25, -0.2) is 0 Å². The van der Waals surface area contributed by atoms with Crippen LogP contribution in [0.5, 0.6) is 11.5 Å². The fraction of sp³-hybridized carbons (Fsp3) is 0.650. The molecule has 26 heavy (non-hydrogen) atoms. The molecule has 0 spiro atoms. The molecular formula is C20H32IN3O2. The Labute approximate surface area is 174 Å². The molecule has 0 bridgehead atoms. The largest absolute Gasteiger partial charge is 0.497 e. The standard InChI is InChI=1S/C20H31N3O2.HI/c1-4-21-20(22-9-7-15-5-6-15)23-10-8-16(14-23)17-11-18(24-2)13-19(12-17)25-3;/h11-13,15-16H,4-10,14H2,1-3H3,(H,21,22);1H. The predicted molar refractivity (Wildman–Crippen MR) is 117 cm³/mol. The van der Waals surface area contributed by atoms with E-state index in [2.05, 4.69) is 29.3 Å². The summed E-state index contributed by atoms with van der Waals surface area (Å²) in [5.74, 6) is 4.20. The van der Waals surface area contributed by atoms with Gasteiger partial charge in [-0.2, -0.15) is 0 Å².